The summed E-state index contributed by atoms with van der Waals surface area (Å²) in [5.74, 6) is 5.76. The van der Waals surface area contributed by atoms with Crippen molar-refractivity contribution >= 4 is 28.9 Å². The number of hydrazine groups is 1. The molecule has 0 fully saturated rings. The fourth-order valence-electron chi connectivity index (χ4n) is 2.43. The van der Waals surface area contributed by atoms with E-state index in [1.165, 1.54) is 12.3 Å². The van der Waals surface area contributed by atoms with E-state index in [4.69, 9.17) is 22.2 Å². The summed E-state index contributed by atoms with van der Waals surface area (Å²) in [5.41, 5.74) is 4.04. The van der Waals surface area contributed by atoms with Crippen molar-refractivity contribution in [1.82, 2.24) is 25.2 Å². The summed E-state index contributed by atoms with van der Waals surface area (Å²) >= 11 is 5.97. The van der Waals surface area contributed by atoms with Gasteiger partial charge >= 0.3 is 0 Å². The number of aryl methyl sites for hydroxylation is 1. The number of halogens is 1. The number of aromatic nitrogens is 4. The van der Waals surface area contributed by atoms with E-state index < -0.39 is 5.91 Å². The largest absolute Gasteiger partial charge is 0.494 e. The number of nitrogens with two attached hydrogens (primary N) is 1. The first kappa shape index (κ1) is 17.6. The molecule has 9 nitrogen and oxygen atoms in total. The van der Waals surface area contributed by atoms with E-state index >= 15 is 0 Å². The van der Waals surface area contributed by atoms with Crippen molar-refractivity contribution in [2.75, 3.05) is 12.4 Å². The van der Waals surface area contributed by atoms with Crippen molar-refractivity contribution in [2.24, 2.45) is 12.9 Å². The minimum absolute atomic E-state index is 0.225. The number of methoxy groups -OCH3 is 1. The predicted molar refractivity (Wildman–Crippen MR) is 97.2 cm³/mol. The van der Waals surface area contributed by atoms with E-state index in [1.54, 1.807) is 31.2 Å². The quantitative estimate of drug-likeness (QED) is 0.270. The number of carbonyl (C=O) groups excluding carboxylic acids is 1. The molecule has 0 unspecified atom stereocenters. The van der Waals surface area contributed by atoms with Gasteiger partial charge in [-0.1, -0.05) is 17.7 Å². The molecule has 0 bridgehead atoms. The van der Waals surface area contributed by atoms with Crippen LogP contribution in [0.1, 0.15) is 10.4 Å². The third kappa shape index (κ3) is 3.44. The average molecular weight is 374 g/mol. The Morgan fingerprint density at radius 2 is 2.12 bits per heavy atom. The van der Waals surface area contributed by atoms with Gasteiger partial charge in [-0.05, 0) is 18.2 Å². The van der Waals surface area contributed by atoms with E-state index in [9.17, 15) is 4.79 Å². The number of ether oxygens (including phenoxy) is 1. The van der Waals surface area contributed by atoms with Crippen LogP contribution >= 0.6 is 11.6 Å². The van der Waals surface area contributed by atoms with Crippen LogP contribution in [0.15, 0.2) is 36.8 Å². The number of benzene rings is 1. The summed E-state index contributed by atoms with van der Waals surface area (Å²) in [7, 11) is 3.32. The molecule has 26 heavy (non-hydrogen) atoms. The van der Waals surface area contributed by atoms with Crippen molar-refractivity contribution < 1.29 is 9.53 Å². The molecule has 0 aliphatic carbocycles. The van der Waals surface area contributed by atoms with Gasteiger partial charge in [0.05, 0.1) is 29.6 Å². The summed E-state index contributed by atoms with van der Waals surface area (Å²) in [6, 6.07) is 6.98. The zero-order valence-electron chi connectivity index (χ0n) is 14.0. The van der Waals surface area contributed by atoms with Gasteiger partial charge < -0.3 is 10.1 Å². The molecule has 1 aromatic carbocycles. The van der Waals surface area contributed by atoms with Gasteiger partial charge in [-0.3, -0.25) is 14.9 Å². The fourth-order valence-corrected chi connectivity index (χ4v) is 2.59. The van der Waals surface area contributed by atoms with E-state index in [1.807, 2.05) is 12.1 Å². The molecule has 0 saturated heterocycles. The van der Waals surface area contributed by atoms with E-state index in [0.717, 1.165) is 0 Å². The number of hydrogen-bond acceptors (Lipinski definition) is 7. The molecule has 0 spiro atoms. The van der Waals surface area contributed by atoms with Crippen molar-refractivity contribution in [1.29, 1.82) is 0 Å². The molecular weight excluding hydrogens is 358 g/mol. The Balaban J connectivity index is 2.06. The van der Waals surface area contributed by atoms with Gasteiger partial charge in [0, 0.05) is 13.2 Å². The third-order valence-corrected chi connectivity index (χ3v) is 3.78. The summed E-state index contributed by atoms with van der Waals surface area (Å²) in [6.07, 6.45) is 2.94. The molecule has 3 aromatic rings. The fraction of sp³-hybridized carbons (Fsp3) is 0.125. The third-order valence-electron chi connectivity index (χ3n) is 3.58. The number of para-hydroxylation sites is 1. The SMILES string of the molecule is COc1c(Nc2cc(Cl)ncc2C(=O)NN)cccc1-c1ncn(C)n1. The smallest absolute Gasteiger partial charge is 0.268 e. The Kier molecular flexibility index (Phi) is 5.01. The normalized spacial score (nSPS) is 10.5. The van der Waals surface area contributed by atoms with Crippen LogP contribution in [-0.4, -0.2) is 32.8 Å². The molecular formula is C16H16ClN7O2. The molecule has 2 heterocycles. The highest BCUT2D eigenvalue weighted by Gasteiger charge is 2.17. The zero-order chi connectivity index (χ0) is 18.7. The maximum Gasteiger partial charge on any atom is 0.268 e. The lowest BCUT2D eigenvalue weighted by atomic mass is 10.1. The molecule has 3 rings (SSSR count). The highest BCUT2D eigenvalue weighted by Crippen LogP contribution is 2.37. The Morgan fingerprint density at radius 3 is 2.77 bits per heavy atom. The maximum absolute atomic E-state index is 12.0. The summed E-state index contributed by atoms with van der Waals surface area (Å²) in [5, 5.41) is 7.66. The van der Waals surface area contributed by atoms with Gasteiger partial charge in [0.25, 0.3) is 5.91 Å². The van der Waals surface area contributed by atoms with Gasteiger partial charge in [-0.2, -0.15) is 5.10 Å². The van der Waals surface area contributed by atoms with E-state index in [-0.39, 0.29) is 10.7 Å². The molecule has 0 radical (unpaired) electrons. The summed E-state index contributed by atoms with van der Waals surface area (Å²) in [6.45, 7) is 0. The molecule has 1 amide bonds. The van der Waals surface area contributed by atoms with Crippen LogP contribution in [0.25, 0.3) is 11.4 Å². The van der Waals surface area contributed by atoms with Gasteiger partial charge in [-0.15, -0.1) is 0 Å². The van der Waals surface area contributed by atoms with Gasteiger partial charge in [0.1, 0.15) is 11.5 Å². The Labute approximate surface area is 154 Å². The maximum atomic E-state index is 12.0. The topological polar surface area (TPSA) is 120 Å². The number of nitrogen functional groups attached to an aromatic ring is 1. The molecule has 0 aliphatic heterocycles. The van der Waals surface area contributed by atoms with Crippen molar-refractivity contribution in [2.45, 2.75) is 0 Å². The Morgan fingerprint density at radius 1 is 1.31 bits per heavy atom. The average Bonchev–Trinajstić information content (AvgIpc) is 3.07. The number of carbonyl (C=O) groups is 1. The van der Waals surface area contributed by atoms with Crippen LogP contribution in [0, 0.1) is 0 Å². The standard InChI is InChI=1S/C16H16ClN7O2/c1-24-8-20-15(23-24)9-4-3-5-11(14(9)26-2)21-12-6-13(17)19-7-10(12)16(25)22-18/h3-8H,18H2,1-2H3,(H,19,21)(H,22,25). The Bertz CT molecular complexity index is 958. The van der Waals surface area contributed by atoms with Crippen LogP contribution in [0.3, 0.4) is 0 Å². The monoisotopic (exact) mass is 373 g/mol. The molecule has 4 N–H and O–H groups in total. The molecule has 2 aromatic heterocycles. The zero-order valence-corrected chi connectivity index (χ0v) is 14.8. The molecule has 134 valence electrons. The number of amides is 1. The van der Waals surface area contributed by atoms with Crippen LogP contribution in [0.2, 0.25) is 5.15 Å². The molecule has 0 aliphatic rings. The Hall–Kier alpha value is -3.17. The summed E-state index contributed by atoms with van der Waals surface area (Å²) in [4.78, 5) is 20.1. The van der Waals surface area contributed by atoms with Gasteiger partial charge in [-0.25, -0.2) is 15.8 Å². The number of nitrogens with one attached hydrogen (secondary N) is 2. The van der Waals surface area contributed by atoms with Crippen molar-refractivity contribution in [3.05, 3.63) is 47.5 Å². The lowest BCUT2D eigenvalue weighted by molar-refractivity contribution is 0.0954. The highest BCUT2D eigenvalue weighted by molar-refractivity contribution is 6.29. The van der Waals surface area contributed by atoms with Crippen LogP contribution in [0.5, 0.6) is 5.75 Å². The van der Waals surface area contributed by atoms with Crippen LogP contribution in [0.4, 0.5) is 11.4 Å². The van der Waals surface area contributed by atoms with E-state index in [2.05, 4.69) is 25.8 Å². The first-order valence-electron chi connectivity index (χ1n) is 7.50. The second-order valence-electron chi connectivity index (χ2n) is 5.28. The van der Waals surface area contributed by atoms with Gasteiger partial charge in [0.2, 0.25) is 0 Å². The number of rotatable bonds is 5. The number of pyridine rings is 1. The first-order valence-corrected chi connectivity index (χ1v) is 7.87. The predicted octanol–water partition coefficient (Wildman–Crippen LogP) is 1.89. The van der Waals surface area contributed by atoms with Crippen molar-refractivity contribution in [3.63, 3.8) is 0 Å². The van der Waals surface area contributed by atoms with E-state index in [0.29, 0.717) is 28.5 Å². The first-order chi connectivity index (χ1) is 12.5. The number of anilines is 2. The lowest BCUT2D eigenvalue weighted by Crippen LogP contribution is -2.30. The lowest BCUT2D eigenvalue weighted by Gasteiger charge is -2.15. The number of hydrogen-bond donors (Lipinski definition) is 3. The second kappa shape index (κ2) is 7.38. The van der Waals surface area contributed by atoms with Crippen LogP contribution < -0.4 is 21.3 Å². The molecule has 10 heteroatoms. The van der Waals surface area contributed by atoms with Gasteiger partial charge in [0.15, 0.2) is 11.6 Å². The molecule has 0 saturated carbocycles. The van der Waals surface area contributed by atoms with Crippen molar-refractivity contribution in [3.8, 4) is 17.1 Å². The number of nitrogens with zero attached hydrogens (tertiary/aromatic N) is 4. The minimum Gasteiger partial charge on any atom is -0.494 e. The molecule has 0 atom stereocenters. The second-order valence-corrected chi connectivity index (χ2v) is 5.67. The van der Waals surface area contributed by atoms with Crippen LogP contribution in [-0.2, 0) is 7.05 Å². The highest BCUT2D eigenvalue weighted by atomic mass is 35.5. The summed E-state index contributed by atoms with van der Waals surface area (Å²) < 4.78 is 7.14. The minimum atomic E-state index is -0.502.